The van der Waals surface area contributed by atoms with E-state index in [-0.39, 0.29) is 0 Å². The monoisotopic (exact) mass is 183 g/mol. The Kier molecular flexibility index (Phi) is 3.37. The van der Waals surface area contributed by atoms with Crippen molar-refractivity contribution >= 4 is 0 Å². The molecule has 0 aliphatic carbocycles. The summed E-state index contributed by atoms with van der Waals surface area (Å²) in [7, 11) is 0. The highest BCUT2D eigenvalue weighted by Crippen LogP contribution is 2.31. The fourth-order valence-corrected chi connectivity index (χ4v) is 1.32. The van der Waals surface area contributed by atoms with Gasteiger partial charge in [0.25, 0.3) is 0 Å². The highest BCUT2D eigenvalue weighted by atomic mass is 16.7. The Morgan fingerprint density at radius 2 is 2.23 bits per heavy atom. The number of nitrogens with zero attached hydrogens (tertiary/aromatic N) is 1. The summed E-state index contributed by atoms with van der Waals surface area (Å²) in [5.74, 6) is 0.653. The lowest BCUT2D eigenvalue weighted by atomic mass is 9.78. The van der Waals surface area contributed by atoms with Crippen molar-refractivity contribution in [2.75, 3.05) is 13.2 Å². The summed E-state index contributed by atoms with van der Waals surface area (Å²) in [6.07, 6.45) is 5.29. The van der Waals surface area contributed by atoms with Crippen LogP contribution in [0.4, 0.5) is 0 Å². The quantitative estimate of drug-likeness (QED) is 0.664. The van der Waals surface area contributed by atoms with Crippen LogP contribution in [0.3, 0.4) is 0 Å². The Labute approximate surface area is 81.5 Å². The van der Waals surface area contributed by atoms with Crippen molar-refractivity contribution in [3.8, 4) is 0 Å². The molecule has 13 heavy (non-hydrogen) atoms. The number of hydroxylamine groups is 2. The fraction of sp³-hybridized carbons (Fsp3) is 0.818. The van der Waals surface area contributed by atoms with Crippen LogP contribution in [0.25, 0.3) is 0 Å². The standard InChI is InChI=1S/C11H21NO/c1-5-11(3,4)10(2)9-12-7-6-8-13-12/h6-7,10H,5,8-9H2,1-4H3. The average molecular weight is 183 g/mol. The van der Waals surface area contributed by atoms with Crippen molar-refractivity contribution < 1.29 is 4.84 Å². The van der Waals surface area contributed by atoms with Gasteiger partial charge in [0.2, 0.25) is 0 Å². The molecule has 0 aromatic carbocycles. The summed E-state index contributed by atoms with van der Waals surface area (Å²) in [6.45, 7) is 10.9. The predicted octanol–water partition coefficient (Wildman–Crippen LogP) is 2.82. The molecule has 1 unspecified atom stereocenters. The third kappa shape index (κ3) is 2.73. The first-order chi connectivity index (χ1) is 6.06. The molecule has 1 atom stereocenters. The van der Waals surface area contributed by atoms with E-state index in [1.807, 2.05) is 17.3 Å². The van der Waals surface area contributed by atoms with Crippen LogP contribution in [0, 0.1) is 11.3 Å². The Bertz CT molecular complexity index is 187. The molecule has 0 aromatic heterocycles. The Morgan fingerprint density at radius 3 is 2.69 bits per heavy atom. The fourth-order valence-electron chi connectivity index (χ4n) is 1.32. The minimum Gasteiger partial charge on any atom is -0.270 e. The highest BCUT2D eigenvalue weighted by molar-refractivity contribution is 4.86. The minimum atomic E-state index is 0.403. The van der Waals surface area contributed by atoms with Gasteiger partial charge in [-0.1, -0.05) is 34.1 Å². The number of hydrogen-bond acceptors (Lipinski definition) is 2. The molecule has 0 radical (unpaired) electrons. The maximum Gasteiger partial charge on any atom is 0.0947 e. The second-order valence-corrected chi connectivity index (χ2v) is 4.52. The molecule has 0 N–H and O–H groups in total. The van der Waals surface area contributed by atoms with E-state index in [2.05, 4.69) is 27.7 Å². The molecule has 1 aliphatic rings. The summed E-state index contributed by atoms with van der Waals surface area (Å²) in [5.41, 5.74) is 0.403. The van der Waals surface area contributed by atoms with Gasteiger partial charge in [0, 0.05) is 12.7 Å². The molecule has 0 saturated heterocycles. The largest absolute Gasteiger partial charge is 0.270 e. The van der Waals surface area contributed by atoms with Crippen molar-refractivity contribution in [1.82, 2.24) is 5.06 Å². The van der Waals surface area contributed by atoms with E-state index in [0.29, 0.717) is 11.3 Å². The van der Waals surface area contributed by atoms with Gasteiger partial charge >= 0.3 is 0 Å². The molecule has 1 aliphatic heterocycles. The Hall–Kier alpha value is -0.500. The summed E-state index contributed by atoms with van der Waals surface area (Å²) in [6, 6.07) is 0. The Morgan fingerprint density at radius 1 is 1.54 bits per heavy atom. The third-order valence-corrected chi connectivity index (χ3v) is 3.31. The molecule has 0 amide bonds. The summed E-state index contributed by atoms with van der Waals surface area (Å²) < 4.78 is 0. The third-order valence-electron chi connectivity index (χ3n) is 3.31. The van der Waals surface area contributed by atoms with Crippen molar-refractivity contribution in [2.24, 2.45) is 11.3 Å². The first-order valence-corrected chi connectivity index (χ1v) is 5.12. The van der Waals surface area contributed by atoms with Crippen molar-refractivity contribution in [1.29, 1.82) is 0 Å². The van der Waals surface area contributed by atoms with Gasteiger partial charge in [-0.15, -0.1) is 0 Å². The molecule has 0 fully saturated rings. The molecule has 0 saturated carbocycles. The van der Waals surface area contributed by atoms with Gasteiger partial charge in [-0.3, -0.25) is 9.90 Å². The van der Waals surface area contributed by atoms with Crippen LogP contribution in [-0.4, -0.2) is 18.2 Å². The number of hydrogen-bond donors (Lipinski definition) is 0. The van der Waals surface area contributed by atoms with Gasteiger partial charge in [0.05, 0.1) is 6.61 Å². The van der Waals surface area contributed by atoms with E-state index < -0.39 is 0 Å². The van der Waals surface area contributed by atoms with Crippen LogP contribution < -0.4 is 0 Å². The van der Waals surface area contributed by atoms with E-state index in [9.17, 15) is 0 Å². The molecule has 76 valence electrons. The van der Waals surface area contributed by atoms with E-state index >= 15 is 0 Å². The lowest BCUT2D eigenvalue weighted by Crippen LogP contribution is -2.30. The van der Waals surface area contributed by atoms with E-state index in [1.54, 1.807) is 0 Å². The van der Waals surface area contributed by atoms with Gasteiger partial charge in [-0.25, -0.2) is 0 Å². The molecule has 2 nitrogen and oxygen atoms in total. The highest BCUT2D eigenvalue weighted by Gasteiger charge is 2.25. The van der Waals surface area contributed by atoms with Gasteiger partial charge in [0.1, 0.15) is 0 Å². The summed E-state index contributed by atoms with van der Waals surface area (Å²) >= 11 is 0. The maximum atomic E-state index is 5.39. The predicted molar refractivity (Wildman–Crippen MR) is 55.0 cm³/mol. The van der Waals surface area contributed by atoms with Crippen molar-refractivity contribution in [3.63, 3.8) is 0 Å². The van der Waals surface area contributed by atoms with Gasteiger partial charge in [-0.2, -0.15) is 0 Å². The van der Waals surface area contributed by atoms with Gasteiger partial charge < -0.3 is 0 Å². The zero-order valence-electron chi connectivity index (χ0n) is 9.21. The lowest BCUT2D eigenvalue weighted by molar-refractivity contribution is -0.106. The zero-order valence-corrected chi connectivity index (χ0v) is 9.21. The van der Waals surface area contributed by atoms with Crippen LogP contribution in [-0.2, 0) is 4.84 Å². The van der Waals surface area contributed by atoms with Crippen LogP contribution in [0.5, 0.6) is 0 Å². The van der Waals surface area contributed by atoms with Crippen LogP contribution in [0.2, 0.25) is 0 Å². The first kappa shape index (κ1) is 10.6. The van der Waals surface area contributed by atoms with Gasteiger partial charge in [-0.05, 0) is 17.4 Å². The normalized spacial score (nSPS) is 19.5. The minimum absolute atomic E-state index is 0.403. The molecule has 0 spiro atoms. The lowest BCUT2D eigenvalue weighted by Gasteiger charge is -2.32. The molecule has 0 aromatic rings. The topological polar surface area (TPSA) is 12.5 Å². The first-order valence-electron chi connectivity index (χ1n) is 5.12. The second kappa shape index (κ2) is 4.14. The molecule has 1 heterocycles. The van der Waals surface area contributed by atoms with Crippen molar-refractivity contribution in [3.05, 3.63) is 12.3 Å². The molecule has 2 heteroatoms. The smallest absolute Gasteiger partial charge is 0.0947 e. The molecule has 1 rings (SSSR count). The van der Waals surface area contributed by atoms with Gasteiger partial charge in [0.15, 0.2) is 0 Å². The van der Waals surface area contributed by atoms with E-state index in [0.717, 1.165) is 13.2 Å². The van der Waals surface area contributed by atoms with Crippen LogP contribution in [0.15, 0.2) is 12.3 Å². The average Bonchev–Trinajstić information content (AvgIpc) is 2.57. The second-order valence-electron chi connectivity index (χ2n) is 4.52. The maximum absolute atomic E-state index is 5.39. The van der Waals surface area contributed by atoms with Crippen LogP contribution in [0.1, 0.15) is 34.1 Å². The zero-order chi connectivity index (χ0) is 9.90. The summed E-state index contributed by atoms with van der Waals surface area (Å²) in [4.78, 5) is 5.39. The van der Waals surface area contributed by atoms with E-state index in [1.165, 1.54) is 6.42 Å². The molecular formula is C11H21NO. The van der Waals surface area contributed by atoms with E-state index in [4.69, 9.17) is 4.84 Å². The van der Waals surface area contributed by atoms with Crippen molar-refractivity contribution in [2.45, 2.75) is 34.1 Å². The Balaban J connectivity index is 2.39. The molecule has 0 bridgehead atoms. The SMILES string of the molecule is CCC(C)(C)C(C)CN1C=CCO1. The number of rotatable bonds is 4. The summed E-state index contributed by atoms with van der Waals surface area (Å²) in [5, 5.41) is 1.95. The molecular weight excluding hydrogens is 162 g/mol. The van der Waals surface area contributed by atoms with Crippen LogP contribution >= 0.6 is 0 Å².